The number of para-hydroxylation sites is 1. The highest BCUT2D eigenvalue weighted by atomic mass is 16.5. The van der Waals surface area contributed by atoms with Gasteiger partial charge in [0.2, 0.25) is 0 Å². The second-order valence-corrected chi connectivity index (χ2v) is 11.4. The molecule has 13 heteroatoms. The molecule has 3 aromatic carbocycles. The van der Waals surface area contributed by atoms with Crippen molar-refractivity contribution in [2.45, 2.75) is 46.5 Å². The Kier molecular flexibility index (Phi) is 11.4. The summed E-state index contributed by atoms with van der Waals surface area (Å²) in [4.78, 5) is 36.8. The lowest BCUT2D eigenvalue weighted by Gasteiger charge is -2.28. The number of carbonyl (C=O) groups excluding carboxylic acids is 3. The van der Waals surface area contributed by atoms with Gasteiger partial charge in [0.1, 0.15) is 6.61 Å². The van der Waals surface area contributed by atoms with Crippen molar-refractivity contribution in [3.8, 4) is 11.5 Å². The number of hydrogen-bond donors (Lipinski definition) is 4. The maximum Gasteiger partial charge on any atom is 0.338 e. The molecule has 0 saturated carbocycles. The Balaban J connectivity index is 1.27. The molecule has 2 atom stereocenters. The fourth-order valence-corrected chi connectivity index (χ4v) is 5.78. The number of fused-ring (bicyclic) bond motifs is 1. The topological polar surface area (TPSA) is 162 Å². The number of aliphatic hydroxyl groups is 1. The van der Waals surface area contributed by atoms with Gasteiger partial charge < -0.3 is 39.3 Å². The predicted molar refractivity (Wildman–Crippen MR) is 187 cm³/mol. The number of urea groups is 1. The van der Waals surface area contributed by atoms with Gasteiger partial charge in [0.25, 0.3) is 0 Å². The number of carbonyl (C=O) groups is 3. The summed E-state index contributed by atoms with van der Waals surface area (Å²) >= 11 is 0. The SMILES string of the molecule is CCOC(=O)c1ccc(Cn2c(C)c(/C=N/N[C@H](O)COc3ccc([C@H]4NC(=O)NC(C)=C4C(=O)OC)cc3OCC)c3ccccc32)cc1. The van der Waals surface area contributed by atoms with Crippen LogP contribution in [-0.4, -0.2) is 67.0 Å². The molecule has 50 heavy (non-hydrogen) atoms. The molecule has 0 aliphatic carbocycles. The van der Waals surface area contributed by atoms with Crippen molar-refractivity contribution in [3.05, 3.63) is 106 Å². The van der Waals surface area contributed by atoms with Crippen LogP contribution in [0.4, 0.5) is 4.79 Å². The number of ether oxygens (including phenoxy) is 4. The average Bonchev–Trinajstić information content (AvgIpc) is 3.37. The first-order valence-corrected chi connectivity index (χ1v) is 16.2. The van der Waals surface area contributed by atoms with Gasteiger partial charge in [0.15, 0.2) is 17.7 Å². The third-order valence-corrected chi connectivity index (χ3v) is 8.17. The summed E-state index contributed by atoms with van der Waals surface area (Å²) in [5.74, 6) is -0.195. The number of methoxy groups -OCH3 is 1. The number of allylic oxidation sites excluding steroid dienone is 1. The monoisotopic (exact) mass is 683 g/mol. The van der Waals surface area contributed by atoms with Gasteiger partial charge in [-0.1, -0.05) is 36.4 Å². The van der Waals surface area contributed by atoms with Gasteiger partial charge in [-0.2, -0.15) is 5.10 Å². The molecule has 2 amide bonds. The van der Waals surface area contributed by atoms with Crippen LogP contribution in [0.15, 0.2) is 83.1 Å². The van der Waals surface area contributed by atoms with E-state index in [1.54, 1.807) is 50.4 Å². The minimum Gasteiger partial charge on any atom is -0.490 e. The summed E-state index contributed by atoms with van der Waals surface area (Å²) in [5, 5.41) is 21.4. The van der Waals surface area contributed by atoms with Crippen molar-refractivity contribution >= 4 is 35.1 Å². The van der Waals surface area contributed by atoms with Gasteiger partial charge >= 0.3 is 18.0 Å². The van der Waals surface area contributed by atoms with E-state index in [1.807, 2.05) is 50.2 Å². The summed E-state index contributed by atoms with van der Waals surface area (Å²) in [6.07, 6.45) is 0.510. The largest absolute Gasteiger partial charge is 0.490 e. The van der Waals surface area contributed by atoms with Crippen molar-refractivity contribution in [1.82, 2.24) is 20.6 Å². The summed E-state index contributed by atoms with van der Waals surface area (Å²) in [6.45, 7) is 8.31. The number of esters is 2. The lowest BCUT2D eigenvalue weighted by Crippen LogP contribution is -2.45. The molecule has 0 saturated heterocycles. The van der Waals surface area contributed by atoms with Crippen molar-refractivity contribution < 1.29 is 38.4 Å². The Hall–Kier alpha value is -5.82. The quantitative estimate of drug-likeness (QED) is 0.0639. The van der Waals surface area contributed by atoms with E-state index in [0.29, 0.717) is 48.1 Å². The number of aliphatic hydroxyl groups excluding tert-OH is 1. The second kappa shape index (κ2) is 16.1. The number of benzene rings is 3. The van der Waals surface area contributed by atoms with Crippen molar-refractivity contribution in [3.63, 3.8) is 0 Å². The van der Waals surface area contributed by atoms with E-state index >= 15 is 0 Å². The summed E-state index contributed by atoms with van der Waals surface area (Å²) in [6, 6.07) is 19.2. The first-order valence-electron chi connectivity index (χ1n) is 16.2. The molecular weight excluding hydrogens is 642 g/mol. The highest BCUT2D eigenvalue weighted by Gasteiger charge is 2.32. The lowest BCUT2D eigenvalue weighted by molar-refractivity contribution is -0.136. The molecule has 4 N–H and O–H groups in total. The number of rotatable bonds is 14. The predicted octanol–water partition coefficient (Wildman–Crippen LogP) is 4.70. The zero-order valence-corrected chi connectivity index (χ0v) is 28.6. The van der Waals surface area contributed by atoms with Crippen LogP contribution in [0.2, 0.25) is 0 Å². The van der Waals surface area contributed by atoms with Crippen LogP contribution in [0.5, 0.6) is 11.5 Å². The Morgan fingerprint density at radius 2 is 1.76 bits per heavy atom. The third kappa shape index (κ3) is 7.90. The van der Waals surface area contributed by atoms with Gasteiger partial charge in [-0.15, -0.1) is 0 Å². The zero-order valence-electron chi connectivity index (χ0n) is 28.6. The average molecular weight is 684 g/mol. The van der Waals surface area contributed by atoms with Gasteiger partial charge in [-0.05, 0) is 69.2 Å². The molecule has 1 aliphatic heterocycles. The van der Waals surface area contributed by atoms with Crippen LogP contribution in [-0.2, 0) is 20.8 Å². The normalized spacial score (nSPS) is 15.0. The molecule has 4 aromatic rings. The smallest absolute Gasteiger partial charge is 0.338 e. The maximum atomic E-state index is 12.5. The number of hydrogen-bond acceptors (Lipinski definition) is 10. The minimum absolute atomic E-state index is 0.157. The summed E-state index contributed by atoms with van der Waals surface area (Å²) in [7, 11) is 1.28. The van der Waals surface area contributed by atoms with Crippen LogP contribution in [0.1, 0.15) is 59.6 Å². The number of aromatic nitrogens is 1. The van der Waals surface area contributed by atoms with E-state index < -0.39 is 24.3 Å². The van der Waals surface area contributed by atoms with Gasteiger partial charge in [0, 0.05) is 34.4 Å². The molecule has 2 heterocycles. The molecule has 0 spiro atoms. The standard InChI is InChI=1S/C37H41N5O8/c1-6-48-31-18-26(34-33(36(45)47-5)22(3)39-37(46)40-34)16-17-30(31)50-21-32(43)41-38-19-28-23(4)42(29-11-9-8-10-27(28)29)20-24-12-14-25(15-13-24)35(44)49-7-2/h8-19,32,34,41,43H,6-7,20-21H2,1-5H3,(H2,39,40,46)/b38-19+/t32-,34-/m1/s1. The second-order valence-electron chi connectivity index (χ2n) is 11.4. The number of amides is 2. The fourth-order valence-electron chi connectivity index (χ4n) is 5.78. The molecular formula is C37H41N5O8. The molecule has 262 valence electrons. The van der Waals surface area contributed by atoms with Crippen molar-refractivity contribution in [1.29, 1.82) is 0 Å². The van der Waals surface area contributed by atoms with Gasteiger partial charge in [0.05, 0.1) is 43.7 Å². The molecule has 0 fully saturated rings. The van der Waals surface area contributed by atoms with Crippen molar-refractivity contribution in [2.75, 3.05) is 26.9 Å². The Morgan fingerprint density at radius 1 is 1.00 bits per heavy atom. The highest BCUT2D eigenvalue weighted by Crippen LogP contribution is 2.35. The van der Waals surface area contributed by atoms with Gasteiger partial charge in [-0.25, -0.2) is 14.4 Å². The van der Waals surface area contributed by atoms with E-state index in [1.165, 1.54) is 7.11 Å². The summed E-state index contributed by atoms with van der Waals surface area (Å²) in [5.41, 5.74) is 8.37. The summed E-state index contributed by atoms with van der Waals surface area (Å²) < 4.78 is 23.9. The first-order chi connectivity index (χ1) is 24.1. The van der Waals surface area contributed by atoms with Crippen LogP contribution in [0.25, 0.3) is 10.9 Å². The molecule has 1 aromatic heterocycles. The lowest BCUT2D eigenvalue weighted by atomic mass is 9.95. The van der Waals surface area contributed by atoms with E-state index in [4.69, 9.17) is 18.9 Å². The highest BCUT2D eigenvalue weighted by molar-refractivity contribution is 6.01. The maximum absolute atomic E-state index is 12.5. The molecule has 0 bridgehead atoms. The van der Waals surface area contributed by atoms with Gasteiger partial charge in [-0.3, -0.25) is 5.43 Å². The van der Waals surface area contributed by atoms with Crippen LogP contribution in [0, 0.1) is 6.92 Å². The van der Waals surface area contributed by atoms with Crippen LogP contribution in [0.3, 0.4) is 0 Å². The van der Waals surface area contributed by atoms with Crippen LogP contribution >= 0.6 is 0 Å². The molecule has 0 unspecified atom stereocenters. The number of nitrogens with zero attached hydrogens (tertiary/aromatic N) is 2. The third-order valence-electron chi connectivity index (χ3n) is 8.17. The molecule has 0 radical (unpaired) electrons. The van der Waals surface area contributed by atoms with E-state index in [2.05, 4.69) is 25.7 Å². The van der Waals surface area contributed by atoms with E-state index in [-0.39, 0.29) is 18.1 Å². The fraction of sp³-hybridized carbons (Fsp3) is 0.297. The van der Waals surface area contributed by atoms with E-state index in [9.17, 15) is 19.5 Å². The zero-order chi connectivity index (χ0) is 35.8. The Morgan fingerprint density at radius 3 is 2.48 bits per heavy atom. The number of hydrazone groups is 1. The Labute approximate surface area is 289 Å². The Bertz CT molecular complexity index is 1930. The number of nitrogens with one attached hydrogen (secondary N) is 3. The van der Waals surface area contributed by atoms with Crippen molar-refractivity contribution in [2.24, 2.45) is 5.10 Å². The minimum atomic E-state index is -1.16. The molecule has 5 rings (SSSR count). The van der Waals surface area contributed by atoms with E-state index in [0.717, 1.165) is 27.7 Å². The van der Waals surface area contributed by atoms with Crippen LogP contribution < -0.4 is 25.5 Å². The first kappa shape index (κ1) is 35.5. The molecule has 13 nitrogen and oxygen atoms in total. The molecule has 1 aliphatic rings.